The van der Waals surface area contributed by atoms with Crippen LogP contribution < -0.4 is 10.1 Å². The number of aromatic nitrogens is 2. The van der Waals surface area contributed by atoms with E-state index in [1.165, 1.54) is 0 Å². The first-order valence-corrected chi connectivity index (χ1v) is 8.58. The number of benzene rings is 1. The van der Waals surface area contributed by atoms with Crippen molar-refractivity contribution in [2.45, 2.75) is 19.1 Å². The van der Waals surface area contributed by atoms with Gasteiger partial charge in [-0.3, -0.25) is 4.79 Å². The molecular weight excluding hydrogens is 320 g/mol. The number of nitrogens with zero attached hydrogens (tertiary/aromatic N) is 2. The Morgan fingerprint density at radius 3 is 2.92 bits per heavy atom. The summed E-state index contributed by atoms with van der Waals surface area (Å²) in [6.45, 7) is 3.21. The Hall–Kier alpha value is -2.38. The number of imidazole rings is 1. The quantitative estimate of drug-likeness (QED) is 0.868. The number of hydrogen-bond donors (Lipinski definition) is 2. The molecule has 2 N–H and O–H groups in total. The molecular formula is C18H22N4O3. The Labute approximate surface area is 146 Å². The summed E-state index contributed by atoms with van der Waals surface area (Å²) < 4.78 is 10.8. The molecule has 132 valence electrons. The molecule has 2 aliphatic rings. The maximum Gasteiger partial charge on any atom is 0.253 e. The molecule has 0 unspecified atom stereocenters. The van der Waals surface area contributed by atoms with Gasteiger partial charge in [0.15, 0.2) is 0 Å². The van der Waals surface area contributed by atoms with Crippen LogP contribution in [-0.4, -0.2) is 60.2 Å². The SMILES string of the molecule is COc1ccc(-c2nc3c([nH]2)CN(C(=O)[C@@H]2CNCCO2)CC3)cc1. The highest BCUT2D eigenvalue weighted by molar-refractivity contribution is 5.81. The number of morpholine rings is 1. The number of methoxy groups -OCH3 is 1. The third-order valence-corrected chi connectivity index (χ3v) is 4.71. The van der Waals surface area contributed by atoms with Gasteiger partial charge in [-0.2, -0.15) is 0 Å². The van der Waals surface area contributed by atoms with Crippen LogP contribution in [0.15, 0.2) is 24.3 Å². The van der Waals surface area contributed by atoms with Gasteiger partial charge in [-0.1, -0.05) is 0 Å². The van der Waals surface area contributed by atoms with Crippen molar-refractivity contribution in [3.63, 3.8) is 0 Å². The summed E-state index contributed by atoms with van der Waals surface area (Å²) in [5.74, 6) is 1.70. The zero-order valence-corrected chi connectivity index (χ0v) is 14.2. The van der Waals surface area contributed by atoms with Crippen LogP contribution >= 0.6 is 0 Å². The van der Waals surface area contributed by atoms with E-state index in [4.69, 9.17) is 14.5 Å². The number of carbonyl (C=O) groups excluding carboxylic acids is 1. The molecule has 4 rings (SSSR count). The molecule has 2 aromatic rings. The van der Waals surface area contributed by atoms with E-state index in [-0.39, 0.29) is 12.0 Å². The van der Waals surface area contributed by atoms with Crippen LogP contribution in [0.1, 0.15) is 11.4 Å². The molecule has 0 spiro atoms. The first-order chi connectivity index (χ1) is 12.2. The standard InChI is InChI=1S/C18H22N4O3/c1-24-13-4-2-12(3-5-13)17-20-14-6-8-22(11-15(14)21-17)18(23)16-10-19-7-9-25-16/h2-5,16,19H,6-11H2,1H3,(H,20,21)/t16-/m0/s1. The number of aromatic amines is 1. The molecule has 0 saturated carbocycles. The lowest BCUT2D eigenvalue weighted by molar-refractivity contribution is -0.146. The molecule has 1 fully saturated rings. The molecule has 7 heteroatoms. The molecule has 0 radical (unpaired) electrons. The molecule has 7 nitrogen and oxygen atoms in total. The van der Waals surface area contributed by atoms with Crippen molar-refractivity contribution in [2.75, 3.05) is 33.4 Å². The fourth-order valence-electron chi connectivity index (χ4n) is 3.30. The van der Waals surface area contributed by atoms with Gasteiger partial charge in [0.05, 0.1) is 31.6 Å². The summed E-state index contributed by atoms with van der Waals surface area (Å²) in [6.07, 6.45) is 0.382. The van der Waals surface area contributed by atoms with Gasteiger partial charge in [-0.15, -0.1) is 0 Å². The summed E-state index contributed by atoms with van der Waals surface area (Å²) in [5, 5.41) is 3.21. The highest BCUT2D eigenvalue weighted by Crippen LogP contribution is 2.25. The maximum atomic E-state index is 12.6. The first-order valence-electron chi connectivity index (χ1n) is 8.58. The first kappa shape index (κ1) is 16.1. The summed E-state index contributed by atoms with van der Waals surface area (Å²) in [5.41, 5.74) is 3.06. The molecule has 0 aliphatic carbocycles. The minimum absolute atomic E-state index is 0.0541. The Balaban J connectivity index is 1.49. The van der Waals surface area contributed by atoms with Crippen LogP contribution in [-0.2, 0) is 22.5 Å². The van der Waals surface area contributed by atoms with Crippen LogP contribution in [0, 0.1) is 0 Å². The van der Waals surface area contributed by atoms with Crippen molar-refractivity contribution in [1.29, 1.82) is 0 Å². The van der Waals surface area contributed by atoms with Crippen LogP contribution in [0.4, 0.5) is 0 Å². The maximum absolute atomic E-state index is 12.6. The third-order valence-electron chi connectivity index (χ3n) is 4.71. The smallest absolute Gasteiger partial charge is 0.253 e. The lowest BCUT2D eigenvalue weighted by Crippen LogP contribution is -2.50. The predicted octanol–water partition coefficient (Wildman–Crippen LogP) is 0.958. The number of ether oxygens (including phenoxy) is 2. The lowest BCUT2D eigenvalue weighted by atomic mass is 10.1. The van der Waals surface area contributed by atoms with E-state index < -0.39 is 0 Å². The molecule has 0 bridgehead atoms. The van der Waals surface area contributed by atoms with Gasteiger partial charge in [-0.25, -0.2) is 4.98 Å². The Kier molecular flexibility index (Phi) is 4.42. The summed E-state index contributed by atoms with van der Waals surface area (Å²) in [7, 11) is 1.65. The Morgan fingerprint density at radius 1 is 1.36 bits per heavy atom. The Morgan fingerprint density at radius 2 is 2.20 bits per heavy atom. The van der Waals surface area contributed by atoms with Gasteiger partial charge in [0, 0.05) is 31.6 Å². The van der Waals surface area contributed by atoms with E-state index in [2.05, 4.69) is 10.3 Å². The van der Waals surface area contributed by atoms with E-state index in [1.807, 2.05) is 29.2 Å². The van der Waals surface area contributed by atoms with Crippen molar-refractivity contribution in [2.24, 2.45) is 0 Å². The van der Waals surface area contributed by atoms with Crippen molar-refractivity contribution in [3.8, 4) is 17.1 Å². The second-order valence-corrected chi connectivity index (χ2v) is 6.31. The summed E-state index contributed by atoms with van der Waals surface area (Å²) in [4.78, 5) is 22.6. The normalized spacial score (nSPS) is 20.2. The molecule has 3 heterocycles. The van der Waals surface area contributed by atoms with Crippen molar-refractivity contribution < 1.29 is 14.3 Å². The zero-order valence-electron chi connectivity index (χ0n) is 14.2. The van der Waals surface area contributed by atoms with Gasteiger partial charge in [0.2, 0.25) is 0 Å². The minimum Gasteiger partial charge on any atom is -0.497 e. The van der Waals surface area contributed by atoms with Crippen molar-refractivity contribution >= 4 is 5.91 Å². The largest absolute Gasteiger partial charge is 0.497 e. The van der Waals surface area contributed by atoms with Crippen LogP contribution in [0.2, 0.25) is 0 Å². The molecule has 1 amide bonds. The number of carbonyl (C=O) groups is 1. The zero-order chi connectivity index (χ0) is 17.2. The average molecular weight is 342 g/mol. The molecule has 1 aromatic heterocycles. The second-order valence-electron chi connectivity index (χ2n) is 6.31. The summed E-state index contributed by atoms with van der Waals surface area (Å²) in [6, 6.07) is 7.79. The number of hydrogen-bond acceptors (Lipinski definition) is 5. The van der Waals surface area contributed by atoms with Gasteiger partial charge in [-0.05, 0) is 24.3 Å². The van der Waals surface area contributed by atoms with E-state index in [1.54, 1.807) is 7.11 Å². The number of fused-ring (bicyclic) bond motifs is 1. The monoisotopic (exact) mass is 342 g/mol. The fourth-order valence-corrected chi connectivity index (χ4v) is 3.30. The van der Waals surface area contributed by atoms with Crippen LogP contribution in [0.3, 0.4) is 0 Å². The Bertz CT molecular complexity index is 750. The van der Waals surface area contributed by atoms with Gasteiger partial charge >= 0.3 is 0 Å². The number of H-pyrrole nitrogens is 1. The molecule has 2 aliphatic heterocycles. The number of rotatable bonds is 3. The highest BCUT2D eigenvalue weighted by Gasteiger charge is 2.30. The van der Waals surface area contributed by atoms with E-state index in [0.717, 1.165) is 41.5 Å². The van der Waals surface area contributed by atoms with Gasteiger partial charge in [0.1, 0.15) is 17.7 Å². The van der Waals surface area contributed by atoms with Gasteiger partial charge in [0.25, 0.3) is 5.91 Å². The molecule has 1 saturated heterocycles. The van der Waals surface area contributed by atoms with Crippen molar-refractivity contribution in [3.05, 3.63) is 35.7 Å². The molecule has 1 atom stereocenters. The fraction of sp³-hybridized carbons (Fsp3) is 0.444. The summed E-state index contributed by atoms with van der Waals surface area (Å²) >= 11 is 0. The van der Waals surface area contributed by atoms with Gasteiger partial charge < -0.3 is 24.7 Å². The molecule has 1 aromatic carbocycles. The van der Waals surface area contributed by atoms with Crippen molar-refractivity contribution in [1.82, 2.24) is 20.2 Å². The predicted molar refractivity (Wildman–Crippen MR) is 92.3 cm³/mol. The second kappa shape index (κ2) is 6.85. The third kappa shape index (κ3) is 3.25. The van der Waals surface area contributed by atoms with E-state index in [0.29, 0.717) is 26.2 Å². The number of nitrogens with one attached hydrogen (secondary N) is 2. The van der Waals surface area contributed by atoms with E-state index >= 15 is 0 Å². The van der Waals surface area contributed by atoms with Crippen LogP contribution in [0.5, 0.6) is 5.75 Å². The minimum atomic E-state index is -0.376. The van der Waals surface area contributed by atoms with E-state index in [9.17, 15) is 4.79 Å². The topological polar surface area (TPSA) is 79.5 Å². The number of amides is 1. The van der Waals surface area contributed by atoms with Crippen LogP contribution in [0.25, 0.3) is 11.4 Å². The highest BCUT2D eigenvalue weighted by atomic mass is 16.5. The average Bonchev–Trinajstić information content (AvgIpc) is 3.11. The molecule has 25 heavy (non-hydrogen) atoms. The lowest BCUT2D eigenvalue weighted by Gasteiger charge is -2.31.